The Balaban J connectivity index is 2.60. The molecular formula is C16H26O3. The zero-order valence-corrected chi connectivity index (χ0v) is 12.2. The van der Waals surface area contributed by atoms with E-state index in [0.29, 0.717) is 5.92 Å². The number of phenolic OH excluding ortho intramolecular Hbond substituents is 2. The van der Waals surface area contributed by atoms with E-state index in [2.05, 4.69) is 20.8 Å². The highest BCUT2D eigenvalue weighted by Gasteiger charge is 2.23. The van der Waals surface area contributed by atoms with Gasteiger partial charge < -0.3 is 15.3 Å². The molecule has 0 aromatic heterocycles. The van der Waals surface area contributed by atoms with Crippen LogP contribution in [0.15, 0.2) is 18.2 Å². The van der Waals surface area contributed by atoms with E-state index < -0.39 is 0 Å². The molecule has 0 saturated heterocycles. The minimum absolute atomic E-state index is 0.0913. The summed E-state index contributed by atoms with van der Waals surface area (Å²) >= 11 is 0. The standard InChI is InChI=1S/C16H26O3/c1-12(8-10-17)5-4-9-16(2,3)14-7-6-13(18)11-15(14)19/h6-7,11-12,17-19H,4-5,8-10H2,1-3H3. The van der Waals surface area contributed by atoms with E-state index in [9.17, 15) is 10.2 Å². The molecule has 0 heterocycles. The number of phenols is 2. The summed E-state index contributed by atoms with van der Waals surface area (Å²) in [5.41, 5.74) is 0.761. The Hall–Kier alpha value is -1.22. The summed E-state index contributed by atoms with van der Waals surface area (Å²) in [7, 11) is 0. The van der Waals surface area contributed by atoms with Crippen molar-refractivity contribution in [2.45, 2.75) is 51.9 Å². The topological polar surface area (TPSA) is 60.7 Å². The monoisotopic (exact) mass is 266 g/mol. The van der Waals surface area contributed by atoms with Crippen molar-refractivity contribution < 1.29 is 15.3 Å². The lowest BCUT2D eigenvalue weighted by Crippen LogP contribution is -2.17. The number of hydrogen-bond donors (Lipinski definition) is 3. The van der Waals surface area contributed by atoms with Crippen molar-refractivity contribution in [3.05, 3.63) is 23.8 Å². The number of benzene rings is 1. The number of aliphatic hydroxyl groups excluding tert-OH is 1. The molecule has 108 valence electrons. The molecule has 0 aliphatic rings. The lowest BCUT2D eigenvalue weighted by atomic mass is 9.79. The highest BCUT2D eigenvalue weighted by atomic mass is 16.3. The van der Waals surface area contributed by atoms with Crippen molar-refractivity contribution in [2.75, 3.05) is 6.61 Å². The van der Waals surface area contributed by atoms with Crippen LogP contribution in [0.2, 0.25) is 0 Å². The lowest BCUT2D eigenvalue weighted by molar-refractivity contribution is 0.254. The summed E-state index contributed by atoms with van der Waals surface area (Å²) in [4.78, 5) is 0. The van der Waals surface area contributed by atoms with Gasteiger partial charge in [0.2, 0.25) is 0 Å². The number of aliphatic hydroxyl groups is 1. The van der Waals surface area contributed by atoms with E-state index in [1.165, 1.54) is 6.07 Å². The average Bonchev–Trinajstić information content (AvgIpc) is 2.28. The van der Waals surface area contributed by atoms with Gasteiger partial charge in [0, 0.05) is 12.7 Å². The molecule has 0 aliphatic heterocycles. The first-order chi connectivity index (χ1) is 8.86. The molecule has 1 aromatic carbocycles. The molecule has 1 atom stereocenters. The molecule has 1 rings (SSSR count). The second-order valence-corrected chi connectivity index (χ2v) is 6.10. The number of hydrogen-bond acceptors (Lipinski definition) is 3. The molecule has 0 amide bonds. The van der Waals surface area contributed by atoms with Crippen LogP contribution in [-0.4, -0.2) is 21.9 Å². The molecule has 1 unspecified atom stereocenters. The smallest absolute Gasteiger partial charge is 0.122 e. The Morgan fingerprint density at radius 2 is 1.84 bits per heavy atom. The molecule has 3 N–H and O–H groups in total. The van der Waals surface area contributed by atoms with E-state index in [1.54, 1.807) is 12.1 Å². The summed E-state index contributed by atoms with van der Waals surface area (Å²) in [6, 6.07) is 4.80. The van der Waals surface area contributed by atoms with Crippen molar-refractivity contribution in [1.29, 1.82) is 0 Å². The van der Waals surface area contributed by atoms with Gasteiger partial charge in [0.1, 0.15) is 11.5 Å². The summed E-state index contributed by atoms with van der Waals surface area (Å²) in [5, 5.41) is 28.1. The van der Waals surface area contributed by atoms with Crippen LogP contribution in [0.5, 0.6) is 11.5 Å². The Morgan fingerprint density at radius 1 is 1.16 bits per heavy atom. The van der Waals surface area contributed by atoms with Crippen LogP contribution in [0.4, 0.5) is 0 Å². The minimum atomic E-state index is -0.114. The summed E-state index contributed by atoms with van der Waals surface area (Å²) in [6.07, 6.45) is 3.98. The average molecular weight is 266 g/mol. The van der Waals surface area contributed by atoms with Crippen LogP contribution in [0.25, 0.3) is 0 Å². The molecule has 3 heteroatoms. The maximum Gasteiger partial charge on any atom is 0.122 e. The maximum absolute atomic E-state index is 9.93. The van der Waals surface area contributed by atoms with Gasteiger partial charge >= 0.3 is 0 Å². The lowest BCUT2D eigenvalue weighted by Gasteiger charge is -2.26. The van der Waals surface area contributed by atoms with Gasteiger partial charge in [-0.3, -0.25) is 0 Å². The molecule has 0 saturated carbocycles. The van der Waals surface area contributed by atoms with Gasteiger partial charge in [-0.05, 0) is 35.8 Å². The molecule has 0 spiro atoms. The van der Waals surface area contributed by atoms with Crippen molar-refractivity contribution in [3.63, 3.8) is 0 Å². The Morgan fingerprint density at radius 3 is 2.42 bits per heavy atom. The zero-order chi connectivity index (χ0) is 14.5. The quantitative estimate of drug-likeness (QED) is 0.707. The minimum Gasteiger partial charge on any atom is -0.508 e. The zero-order valence-electron chi connectivity index (χ0n) is 12.2. The Labute approximate surface area is 115 Å². The third-order valence-corrected chi connectivity index (χ3v) is 3.83. The first-order valence-corrected chi connectivity index (χ1v) is 7.00. The largest absolute Gasteiger partial charge is 0.508 e. The Kier molecular flexibility index (Phi) is 5.67. The van der Waals surface area contributed by atoms with Gasteiger partial charge in [-0.1, -0.05) is 39.7 Å². The van der Waals surface area contributed by atoms with Crippen molar-refractivity contribution in [2.24, 2.45) is 5.92 Å². The third kappa shape index (κ3) is 4.75. The van der Waals surface area contributed by atoms with Crippen LogP contribution in [-0.2, 0) is 5.41 Å². The first kappa shape index (κ1) is 15.8. The molecule has 3 nitrogen and oxygen atoms in total. The fourth-order valence-corrected chi connectivity index (χ4v) is 2.48. The number of aromatic hydroxyl groups is 2. The van der Waals surface area contributed by atoms with Crippen LogP contribution in [0.3, 0.4) is 0 Å². The highest BCUT2D eigenvalue weighted by molar-refractivity contribution is 5.42. The van der Waals surface area contributed by atoms with Crippen molar-refractivity contribution in [1.82, 2.24) is 0 Å². The molecule has 0 fully saturated rings. The predicted molar refractivity (Wildman–Crippen MR) is 77.5 cm³/mol. The maximum atomic E-state index is 9.93. The van der Waals surface area contributed by atoms with E-state index >= 15 is 0 Å². The van der Waals surface area contributed by atoms with E-state index in [0.717, 1.165) is 31.2 Å². The van der Waals surface area contributed by atoms with Gasteiger partial charge in [-0.15, -0.1) is 0 Å². The van der Waals surface area contributed by atoms with Crippen LogP contribution >= 0.6 is 0 Å². The van der Waals surface area contributed by atoms with Crippen molar-refractivity contribution >= 4 is 0 Å². The second-order valence-electron chi connectivity index (χ2n) is 6.10. The van der Waals surface area contributed by atoms with Crippen molar-refractivity contribution in [3.8, 4) is 11.5 Å². The predicted octanol–water partition coefficient (Wildman–Crippen LogP) is 3.56. The van der Waals surface area contributed by atoms with E-state index in [1.807, 2.05) is 0 Å². The molecule has 19 heavy (non-hydrogen) atoms. The fraction of sp³-hybridized carbons (Fsp3) is 0.625. The van der Waals surface area contributed by atoms with Crippen LogP contribution < -0.4 is 0 Å². The SMILES string of the molecule is CC(CCO)CCCC(C)(C)c1ccc(O)cc1O. The molecule has 0 aliphatic carbocycles. The van der Waals surface area contributed by atoms with Gasteiger partial charge in [0.25, 0.3) is 0 Å². The first-order valence-electron chi connectivity index (χ1n) is 7.00. The van der Waals surface area contributed by atoms with Gasteiger partial charge in [0.05, 0.1) is 0 Å². The molecule has 0 bridgehead atoms. The summed E-state index contributed by atoms with van der Waals surface area (Å²) < 4.78 is 0. The van der Waals surface area contributed by atoms with Gasteiger partial charge in [-0.25, -0.2) is 0 Å². The summed E-state index contributed by atoms with van der Waals surface area (Å²) in [6.45, 7) is 6.62. The number of rotatable bonds is 7. The highest BCUT2D eigenvalue weighted by Crippen LogP contribution is 2.37. The normalized spacial score (nSPS) is 13.5. The van der Waals surface area contributed by atoms with E-state index in [4.69, 9.17) is 5.11 Å². The van der Waals surface area contributed by atoms with Gasteiger partial charge in [-0.2, -0.15) is 0 Å². The summed E-state index contributed by atoms with van der Waals surface area (Å²) in [5.74, 6) is 0.788. The fourth-order valence-electron chi connectivity index (χ4n) is 2.48. The third-order valence-electron chi connectivity index (χ3n) is 3.83. The van der Waals surface area contributed by atoms with Gasteiger partial charge in [0.15, 0.2) is 0 Å². The second kappa shape index (κ2) is 6.80. The molecular weight excluding hydrogens is 240 g/mol. The molecule has 1 aromatic rings. The van der Waals surface area contributed by atoms with E-state index in [-0.39, 0.29) is 23.5 Å². The van der Waals surface area contributed by atoms with Crippen LogP contribution in [0.1, 0.15) is 52.0 Å². The molecule has 0 radical (unpaired) electrons. The van der Waals surface area contributed by atoms with Crippen LogP contribution in [0, 0.1) is 5.92 Å². The Bertz CT molecular complexity index is 399.